The van der Waals surface area contributed by atoms with Gasteiger partial charge < -0.3 is 21.3 Å². The number of hydrogen-bond acceptors (Lipinski definition) is 5. The Morgan fingerprint density at radius 2 is 1.62 bits per heavy atom. The van der Waals surface area contributed by atoms with Crippen LogP contribution in [0.25, 0.3) is 10.2 Å². The number of urea groups is 1. The Hall–Kier alpha value is -3.46. The summed E-state index contributed by atoms with van der Waals surface area (Å²) in [5, 5.41) is 11.4. The molecule has 0 saturated heterocycles. The Kier molecular flexibility index (Phi) is 6.08. The van der Waals surface area contributed by atoms with Crippen LogP contribution in [0.2, 0.25) is 0 Å². The first kappa shape index (κ1) is 20.3. The summed E-state index contributed by atoms with van der Waals surface area (Å²) in [5.41, 5.74) is 2.42. The molecule has 0 bridgehead atoms. The normalized spacial score (nSPS) is 10.6. The molecule has 150 valence electrons. The maximum Gasteiger partial charge on any atom is 0.319 e. The van der Waals surface area contributed by atoms with Gasteiger partial charge >= 0.3 is 6.03 Å². The van der Waals surface area contributed by atoms with Crippen LogP contribution in [-0.4, -0.2) is 28.9 Å². The molecule has 1 aromatic heterocycles. The zero-order valence-corrected chi connectivity index (χ0v) is 17.0. The molecule has 1 heterocycles. The van der Waals surface area contributed by atoms with E-state index in [0.29, 0.717) is 22.1 Å². The van der Waals surface area contributed by atoms with Crippen molar-refractivity contribution >= 4 is 55.9 Å². The number of thiazole rings is 1. The van der Waals surface area contributed by atoms with Crippen LogP contribution in [-0.2, 0) is 4.79 Å². The molecule has 0 aliphatic rings. The summed E-state index contributed by atoms with van der Waals surface area (Å²) < 4.78 is 0.849. The van der Waals surface area contributed by atoms with Gasteiger partial charge in [0.05, 0.1) is 10.2 Å². The molecule has 3 rings (SSSR count). The number of aromatic nitrogens is 1. The number of amides is 4. The van der Waals surface area contributed by atoms with Crippen molar-refractivity contribution in [1.82, 2.24) is 10.3 Å². The van der Waals surface area contributed by atoms with Crippen LogP contribution in [0.1, 0.15) is 31.1 Å². The Morgan fingerprint density at radius 1 is 0.931 bits per heavy atom. The summed E-state index contributed by atoms with van der Waals surface area (Å²) in [6, 6.07) is 11.7. The highest BCUT2D eigenvalue weighted by Crippen LogP contribution is 2.28. The third-order valence-electron chi connectivity index (χ3n) is 3.75. The number of carbonyl (C=O) groups is 3. The fourth-order valence-corrected chi connectivity index (χ4v) is 3.50. The maximum atomic E-state index is 12.5. The predicted octanol–water partition coefficient (Wildman–Crippen LogP) is 4.04. The van der Waals surface area contributed by atoms with Gasteiger partial charge in [-0.25, -0.2) is 9.78 Å². The first-order valence-corrected chi connectivity index (χ1v) is 9.79. The van der Waals surface area contributed by atoms with Crippen LogP contribution < -0.4 is 21.3 Å². The van der Waals surface area contributed by atoms with Gasteiger partial charge in [-0.15, -0.1) is 0 Å². The van der Waals surface area contributed by atoms with E-state index in [0.717, 1.165) is 10.2 Å². The largest absolute Gasteiger partial charge is 0.336 e. The van der Waals surface area contributed by atoms with Gasteiger partial charge in [-0.2, -0.15) is 0 Å². The molecular formula is C20H21N5O3S. The van der Waals surface area contributed by atoms with Gasteiger partial charge in [0.15, 0.2) is 5.13 Å². The van der Waals surface area contributed by atoms with Crippen molar-refractivity contribution in [2.45, 2.75) is 26.8 Å². The quantitative estimate of drug-likeness (QED) is 0.508. The number of nitrogens with one attached hydrogen (secondary N) is 4. The molecule has 8 nitrogen and oxygen atoms in total. The van der Waals surface area contributed by atoms with Crippen LogP contribution >= 0.6 is 11.3 Å². The number of nitrogens with zero attached hydrogens (tertiary/aromatic N) is 1. The molecule has 0 aliphatic heterocycles. The number of anilines is 3. The number of hydrogen-bond donors (Lipinski definition) is 4. The van der Waals surface area contributed by atoms with Crippen molar-refractivity contribution in [2.75, 3.05) is 16.0 Å². The molecule has 3 aromatic rings. The number of carbonyl (C=O) groups excluding carboxylic acids is 3. The van der Waals surface area contributed by atoms with E-state index in [1.54, 1.807) is 36.4 Å². The van der Waals surface area contributed by atoms with Crippen molar-refractivity contribution in [3.8, 4) is 0 Å². The Labute approximate surface area is 171 Å². The van der Waals surface area contributed by atoms with Gasteiger partial charge in [0.1, 0.15) is 0 Å². The third-order valence-corrected chi connectivity index (χ3v) is 4.69. The van der Waals surface area contributed by atoms with Gasteiger partial charge in [-0.1, -0.05) is 11.3 Å². The van der Waals surface area contributed by atoms with Crippen molar-refractivity contribution < 1.29 is 14.4 Å². The second-order valence-electron chi connectivity index (χ2n) is 6.67. The lowest BCUT2D eigenvalue weighted by atomic mass is 10.2. The van der Waals surface area contributed by atoms with Gasteiger partial charge in [-0.05, 0) is 56.3 Å². The van der Waals surface area contributed by atoms with E-state index in [1.807, 2.05) is 19.9 Å². The minimum Gasteiger partial charge on any atom is -0.336 e. The van der Waals surface area contributed by atoms with E-state index >= 15 is 0 Å². The molecule has 9 heteroatoms. The van der Waals surface area contributed by atoms with Crippen LogP contribution in [0.4, 0.5) is 21.3 Å². The average molecular weight is 411 g/mol. The van der Waals surface area contributed by atoms with E-state index in [9.17, 15) is 14.4 Å². The highest BCUT2D eigenvalue weighted by molar-refractivity contribution is 7.22. The number of rotatable bonds is 5. The zero-order chi connectivity index (χ0) is 21.0. The summed E-state index contributed by atoms with van der Waals surface area (Å²) in [7, 11) is 0. The van der Waals surface area contributed by atoms with Gasteiger partial charge in [0.2, 0.25) is 5.91 Å². The minimum absolute atomic E-state index is 0.0326. The lowest BCUT2D eigenvalue weighted by Gasteiger charge is -2.10. The monoisotopic (exact) mass is 411 g/mol. The molecule has 0 radical (unpaired) electrons. The summed E-state index contributed by atoms with van der Waals surface area (Å²) in [5.74, 6) is -0.452. The van der Waals surface area contributed by atoms with Crippen molar-refractivity contribution in [2.24, 2.45) is 0 Å². The Balaban J connectivity index is 1.66. The maximum absolute atomic E-state index is 12.5. The fourth-order valence-electron chi connectivity index (χ4n) is 2.54. The molecule has 0 atom stereocenters. The molecule has 0 saturated carbocycles. The third kappa shape index (κ3) is 5.52. The summed E-state index contributed by atoms with van der Waals surface area (Å²) in [6.07, 6.45) is 0. The highest BCUT2D eigenvalue weighted by Gasteiger charge is 2.10. The SMILES string of the molecule is CC(=O)Nc1nc2ccc(NC(=O)c3ccc(NC(=O)NC(C)C)cc3)cc2s1. The molecule has 29 heavy (non-hydrogen) atoms. The molecule has 0 spiro atoms. The number of benzene rings is 2. The van der Waals surface area contributed by atoms with E-state index in [-0.39, 0.29) is 23.9 Å². The minimum atomic E-state index is -0.298. The first-order chi connectivity index (χ1) is 13.8. The first-order valence-electron chi connectivity index (χ1n) is 8.97. The van der Waals surface area contributed by atoms with E-state index in [1.165, 1.54) is 18.3 Å². The number of fused-ring (bicyclic) bond motifs is 1. The molecule has 4 N–H and O–H groups in total. The predicted molar refractivity (Wildman–Crippen MR) is 116 cm³/mol. The van der Waals surface area contributed by atoms with Gasteiger partial charge in [0.25, 0.3) is 5.91 Å². The molecule has 0 unspecified atom stereocenters. The smallest absolute Gasteiger partial charge is 0.319 e. The topological polar surface area (TPSA) is 112 Å². The van der Waals surface area contributed by atoms with Gasteiger partial charge in [0, 0.05) is 29.9 Å². The Morgan fingerprint density at radius 3 is 2.28 bits per heavy atom. The molecular weight excluding hydrogens is 390 g/mol. The lowest BCUT2D eigenvalue weighted by Crippen LogP contribution is -2.34. The van der Waals surface area contributed by atoms with Crippen molar-refractivity contribution in [3.05, 3.63) is 48.0 Å². The highest BCUT2D eigenvalue weighted by atomic mass is 32.1. The second-order valence-corrected chi connectivity index (χ2v) is 7.70. The van der Waals surface area contributed by atoms with Crippen LogP contribution in [0.3, 0.4) is 0 Å². The van der Waals surface area contributed by atoms with Crippen molar-refractivity contribution in [1.29, 1.82) is 0 Å². The lowest BCUT2D eigenvalue weighted by molar-refractivity contribution is -0.114. The van der Waals surface area contributed by atoms with Crippen LogP contribution in [0.15, 0.2) is 42.5 Å². The van der Waals surface area contributed by atoms with Crippen LogP contribution in [0, 0.1) is 0 Å². The summed E-state index contributed by atoms with van der Waals surface area (Å²) in [4.78, 5) is 39.7. The Bertz CT molecular complexity index is 1060. The summed E-state index contributed by atoms with van der Waals surface area (Å²) >= 11 is 1.33. The average Bonchev–Trinajstić information content (AvgIpc) is 3.02. The fraction of sp³-hybridized carbons (Fsp3) is 0.200. The van der Waals surface area contributed by atoms with E-state index < -0.39 is 0 Å². The van der Waals surface area contributed by atoms with E-state index in [2.05, 4.69) is 26.3 Å². The van der Waals surface area contributed by atoms with Crippen LogP contribution in [0.5, 0.6) is 0 Å². The van der Waals surface area contributed by atoms with Gasteiger partial charge in [-0.3, -0.25) is 9.59 Å². The summed E-state index contributed by atoms with van der Waals surface area (Å²) in [6.45, 7) is 5.17. The molecule has 2 aromatic carbocycles. The second kappa shape index (κ2) is 8.70. The molecule has 0 aliphatic carbocycles. The standard InChI is InChI=1S/C20H21N5O3S/c1-11(2)21-19(28)24-14-6-4-13(5-7-14)18(27)23-15-8-9-16-17(10-15)29-20(25-16)22-12(3)26/h4-11H,1-3H3,(H,23,27)(H2,21,24,28)(H,22,25,26). The van der Waals surface area contributed by atoms with Crippen molar-refractivity contribution in [3.63, 3.8) is 0 Å². The zero-order valence-electron chi connectivity index (χ0n) is 16.2. The molecule has 4 amide bonds. The van der Waals surface area contributed by atoms with E-state index in [4.69, 9.17) is 0 Å². The molecule has 0 fully saturated rings.